The van der Waals surface area contributed by atoms with E-state index >= 15 is 0 Å². The van der Waals surface area contributed by atoms with Gasteiger partial charge in [-0.25, -0.2) is 0 Å². The van der Waals surface area contributed by atoms with Crippen molar-refractivity contribution in [3.05, 3.63) is 35.4 Å². The average molecular weight is 304 g/mol. The summed E-state index contributed by atoms with van der Waals surface area (Å²) in [5.41, 5.74) is -0.844. The molecule has 0 N–H and O–H groups in total. The summed E-state index contributed by atoms with van der Waals surface area (Å²) in [5, 5.41) is 0. The molecule has 1 aromatic rings. The van der Waals surface area contributed by atoms with Crippen LogP contribution in [-0.2, 0) is 21.1 Å². The van der Waals surface area contributed by atoms with Crippen molar-refractivity contribution >= 4 is 8.07 Å². The van der Waals surface area contributed by atoms with Crippen molar-refractivity contribution in [3.63, 3.8) is 0 Å². The highest BCUT2D eigenvalue weighted by molar-refractivity contribution is 6.78. The number of hydrogen-bond acceptors (Lipinski definition) is 2. The third-order valence-corrected chi connectivity index (χ3v) is 5.99. The fourth-order valence-electron chi connectivity index (χ4n) is 2.44. The molecule has 0 saturated carbocycles. The van der Waals surface area contributed by atoms with Gasteiger partial charge in [0.05, 0.1) is 18.3 Å². The fourth-order valence-corrected chi connectivity index (χ4v) is 4.55. The first-order valence-corrected chi connectivity index (χ1v) is 10.1. The third kappa shape index (κ3) is 2.64. The molecule has 20 heavy (non-hydrogen) atoms. The highest BCUT2D eigenvalue weighted by Gasteiger charge is 2.52. The first kappa shape index (κ1) is 15.5. The quantitative estimate of drug-likeness (QED) is 0.763. The van der Waals surface area contributed by atoms with E-state index in [-0.39, 0.29) is 6.10 Å². The fraction of sp³-hybridized carbons (Fsp3) is 0.571. The molecule has 112 valence electrons. The normalized spacial score (nSPS) is 27.9. The van der Waals surface area contributed by atoms with Gasteiger partial charge in [-0.3, -0.25) is 0 Å². The van der Waals surface area contributed by atoms with Crippen LogP contribution < -0.4 is 0 Å². The molecule has 0 bridgehead atoms. The van der Waals surface area contributed by atoms with Gasteiger partial charge in [-0.05, 0) is 19.1 Å². The maximum atomic E-state index is 12.6. The highest BCUT2D eigenvalue weighted by atomic mass is 28.3. The Labute approximate surface area is 117 Å². The molecule has 0 unspecified atom stereocenters. The first-order valence-electron chi connectivity index (χ1n) is 6.56. The van der Waals surface area contributed by atoms with E-state index in [0.717, 1.165) is 12.1 Å². The minimum atomic E-state index is -4.32. The van der Waals surface area contributed by atoms with Crippen molar-refractivity contribution in [2.45, 2.75) is 44.3 Å². The number of rotatable bonds is 2. The van der Waals surface area contributed by atoms with E-state index in [1.54, 1.807) is 0 Å². The monoisotopic (exact) mass is 304 g/mol. The van der Waals surface area contributed by atoms with E-state index in [9.17, 15) is 13.2 Å². The Balaban J connectivity index is 2.42. The molecule has 0 spiro atoms. The molecule has 6 heteroatoms. The van der Waals surface area contributed by atoms with Gasteiger partial charge >= 0.3 is 6.18 Å². The number of hydrogen-bond donors (Lipinski definition) is 0. The van der Waals surface area contributed by atoms with Crippen molar-refractivity contribution in [1.82, 2.24) is 0 Å². The van der Waals surface area contributed by atoms with E-state index in [2.05, 4.69) is 19.6 Å². The van der Waals surface area contributed by atoms with E-state index in [1.807, 2.05) is 6.92 Å². The van der Waals surface area contributed by atoms with Crippen LogP contribution in [0.4, 0.5) is 13.2 Å². The molecule has 0 aliphatic carbocycles. The summed E-state index contributed by atoms with van der Waals surface area (Å²) in [6.45, 7) is 8.63. The summed E-state index contributed by atoms with van der Waals surface area (Å²) in [6, 6.07) is 5.12. The standard InChI is InChI=1S/C14H19F3O2Si/c1-10-9-18-14(19-10,20(2,3)4)12-7-5-11(6-8-12)13(15,16)17/h5-8,10H,9H2,1-4H3/t10-,14+/m0/s1. The predicted molar refractivity (Wildman–Crippen MR) is 73.0 cm³/mol. The molecule has 0 aromatic heterocycles. The number of alkyl halides is 3. The first-order chi connectivity index (χ1) is 9.06. The molecule has 1 fully saturated rings. The molecule has 0 amide bonds. The second-order valence-corrected chi connectivity index (χ2v) is 11.3. The molecular formula is C14H19F3O2Si. The lowest BCUT2D eigenvalue weighted by molar-refractivity contribution is -0.138. The smallest absolute Gasteiger partial charge is 0.347 e. The Hall–Kier alpha value is -0.853. The van der Waals surface area contributed by atoms with E-state index in [1.165, 1.54) is 12.1 Å². The third-order valence-electron chi connectivity index (χ3n) is 3.47. The van der Waals surface area contributed by atoms with E-state index in [4.69, 9.17) is 9.47 Å². The maximum absolute atomic E-state index is 12.6. The van der Waals surface area contributed by atoms with Gasteiger partial charge in [0.25, 0.3) is 0 Å². The molecule has 0 radical (unpaired) electrons. The zero-order chi connectivity index (χ0) is 15.2. The van der Waals surface area contributed by atoms with Gasteiger partial charge < -0.3 is 9.47 Å². The molecule has 2 nitrogen and oxygen atoms in total. The van der Waals surface area contributed by atoms with Crippen LogP contribution in [-0.4, -0.2) is 20.8 Å². The lowest BCUT2D eigenvalue weighted by Gasteiger charge is -2.39. The van der Waals surface area contributed by atoms with Crippen molar-refractivity contribution in [2.24, 2.45) is 0 Å². The van der Waals surface area contributed by atoms with Gasteiger partial charge in [0, 0.05) is 5.56 Å². The predicted octanol–water partition coefficient (Wildman–Crippen LogP) is 4.17. The van der Waals surface area contributed by atoms with Gasteiger partial charge in [-0.2, -0.15) is 13.2 Å². The number of halogens is 3. The Morgan fingerprint density at radius 2 is 1.70 bits per heavy atom. The van der Waals surface area contributed by atoms with Crippen LogP contribution in [0.3, 0.4) is 0 Å². The molecule has 1 saturated heterocycles. The van der Waals surface area contributed by atoms with E-state index in [0.29, 0.717) is 12.2 Å². The average Bonchev–Trinajstić information content (AvgIpc) is 2.71. The zero-order valence-corrected chi connectivity index (χ0v) is 13.0. The van der Waals surface area contributed by atoms with Gasteiger partial charge in [0.1, 0.15) is 8.07 Å². The minimum absolute atomic E-state index is 0.0518. The molecule has 1 aliphatic heterocycles. The van der Waals surface area contributed by atoms with Gasteiger partial charge in [-0.1, -0.05) is 31.8 Å². The summed E-state index contributed by atoms with van der Waals surface area (Å²) in [4.78, 5) is 0. The second-order valence-electron chi connectivity index (χ2n) is 6.18. The summed E-state index contributed by atoms with van der Waals surface area (Å²) < 4.78 is 49.8. The summed E-state index contributed by atoms with van der Waals surface area (Å²) in [6.07, 6.45) is -4.38. The largest absolute Gasteiger partial charge is 0.416 e. The van der Waals surface area contributed by atoms with Crippen LogP contribution in [0.1, 0.15) is 18.1 Å². The molecular weight excluding hydrogens is 285 g/mol. The van der Waals surface area contributed by atoms with Gasteiger partial charge in [0.15, 0.2) is 5.41 Å². The molecule has 1 aliphatic rings. The summed E-state index contributed by atoms with van der Waals surface area (Å²) >= 11 is 0. The van der Waals surface area contributed by atoms with Crippen molar-refractivity contribution < 1.29 is 22.6 Å². The maximum Gasteiger partial charge on any atom is 0.416 e. The van der Waals surface area contributed by atoms with Crippen LogP contribution in [0, 0.1) is 0 Å². The van der Waals surface area contributed by atoms with Gasteiger partial charge in [0.2, 0.25) is 0 Å². The molecule has 1 heterocycles. The molecule has 2 rings (SSSR count). The SMILES string of the molecule is C[C@H]1CO[C@@](c2ccc(C(F)(F)F)cc2)([Si](C)(C)C)O1. The lowest BCUT2D eigenvalue weighted by Crippen LogP contribution is -2.50. The van der Waals surface area contributed by atoms with Crippen LogP contribution in [0.25, 0.3) is 0 Å². The van der Waals surface area contributed by atoms with Gasteiger partial charge in [-0.15, -0.1) is 0 Å². The van der Waals surface area contributed by atoms with E-state index < -0.39 is 25.2 Å². The summed E-state index contributed by atoms with van der Waals surface area (Å²) in [5.74, 6) is 0. The Morgan fingerprint density at radius 1 is 1.15 bits per heavy atom. The van der Waals surface area contributed by atoms with Crippen molar-refractivity contribution in [1.29, 1.82) is 0 Å². The Kier molecular flexibility index (Phi) is 3.77. The lowest BCUT2D eigenvalue weighted by atomic mass is 10.1. The minimum Gasteiger partial charge on any atom is -0.347 e. The number of benzene rings is 1. The van der Waals surface area contributed by atoms with Crippen LogP contribution in [0.5, 0.6) is 0 Å². The highest BCUT2D eigenvalue weighted by Crippen LogP contribution is 2.42. The summed E-state index contributed by atoms with van der Waals surface area (Å²) in [7, 11) is -1.95. The number of ether oxygens (including phenoxy) is 2. The van der Waals surface area contributed by atoms with Crippen molar-refractivity contribution in [3.8, 4) is 0 Å². The molecule has 1 aromatic carbocycles. The van der Waals surface area contributed by atoms with Crippen LogP contribution in [0.15, 0.2) is 24.3 Å². The molecule has 2 atom stereocenters. The van der Waals surface area contributed by atoms with Crippen molar-refractivity contribution in [2.75, 3.05) is 6.61 Å². The Morgan fingerprint density at radius 3 is 2.05 bits per heavy atom. The van der Waals surface area contributed by atoms with Crippen LogP contribution >= 0.6 is 0 Å². The topological polar surface area (TPSA) is 18.5 Å². The zero-order valence-electron chi connectivity index (χ0n) is 12.0. The Bertz CT molecular complexity index is 479. The second kappa shape index (κ2) is 4.86. The van der Waals surface area contributed by atoms with Crippen LogP contribution in [0.2, 0.25) is 19.6 Å².